The second kappa shape index (κ2) is 6.21. The molecule has 2 amide bonds. The van der Waals surface area contributed by atoms with E-state index in [-0.39, 0.29) is 24.1 Å². The van der Waals surface area contributed by atoms with Gasteiger partial charge in [0, 0.05) is 20.1 Å². The summed E-state index contributed by atoms with van der Waals surface area (Å²) in [5.41, 5.74) is 6.88. The highest BCUT2D eigenvalue weighted by Crippen LogP contribution is 2.14. The second-order valence-electron chi connectivity index (χ2n) is 4.34. The molecule has 0 fully saturated rings. The normalized spacial score (nSPS) is 10.3. The van der Waals surface area contributed by atoms with Crippen LogP contribution in [0.5, 0.6) is 0 Å². The van der Waals surface area contributed by atoms with E-state index in [1.54, 1.807) is 18.9 Å². The van der Waals surface area contributed by atoms with Gasteiger partial charge >= 0.3 is 0 Å². The molecular formula is C12H21N5O2. The first kappa shape index (κ1) is 15.0. The lowest BCUT2D eigenvalue weighted by molar-refractivity contribution is -0.131. The molecule has 0 saturated heterocycles. The average molecular weight is 267 g/mol. The summed E-state index contributed by atoms with van der Waals surface area (Å²) < 4.78 is 0. The molecule has 19 heavy (non-hydrogen) atoms. The van der Waals surface area contributed by atoms with Gasteiger partial charge in [0.25, 0.3) is 5.91 Å². The van der Waals surface area contributed by atoms with E-state index in [0.29, 0.717) is 24.5 Å². The molecule has 3 N–H and O–H groups in total. The Morgan fingerprint density at radius 2 is 1.89 bits per heavy atom. The molecule has 1 aromatic heterocycles. The molecule has 0 radical (unpaired) electrons. The summed E-state index contributed by atoms with van der Waals surface area (Å²) in [6, 6.07) is 0. The van der Waals surface area contributed by atoms with Gasteiger partial charge in [-0.25, -0.2) is 0 Å². The standard InChI is InChI=1S/C12H21N5O2/c1-5-17(6-2)9(18)7-16(4)12(19)11-10(13)8(3)14-15-11/h5-7,13H2,1-4H3,(H,14,15). The smallest absolute Gasteiger partial charge is 0.276 e. The van der Waals surface area contributed by atoms with Crippen molar-refractivity contribution in [2.75, 3.05) is 32.4 Å². The van der Waals surface area contributed by atoms with Gasteiger partial charge in [-0.3, -0.25) is 14.7 Å². The number of carbonyl (C=O) groups is 2. The molecule has 1 aromatic rings. The van der Waals surface area contributed by atoms with Crippen LogP contribution in [-0.4, -0.2) is 58.5 Å². The second-order valence-corrected chi connectivity index (χ2v) is 4.34. The molecule has 106 valence electrons. The fourth-order valence-electron chi connectivity index (χ4n) is 1.73. The molecule has 7 heteroatoms. The van der Waals surface area contributed by atoms with Gasteiger partial charge in [-0.1, -0.05) is 0 Å². The first-order valence-corrected chi connectivity index (χ1v) is 6.26. The van der Waals surface area contributed by atoms with Crippen LogP contribution in [0.1, 0.15) is 30.0 Å². The lowest BCUT2D eigenvalue weighted by atomic mass is 10.3. The molecule has 0 aliphatic carbocycles. The first-order valence-electron chi connectivity index (χ1n) is 6.26. The number of H-pyrrole nitrogens is 1. The maximum Gasteiger partial charge on any atom is 0.276 e. The van der Waals surface area contributed by atoms with Crippen LogP contribution in [-0.2, 0) is 4.79 Å². The van der Waals surface area contributed by atoms with Crippen molar-refractivity contribution in [1.82, 2.24) is 20.0 Å². The molecule has 0 aliphatic rings. The lowest BCUT2D eigenvalue weighted by Gasteiger charge is -2.22. The van der Waals surface area contributed by atoms with Crippen molar-refractivity contribution in [3.8, 4) is 0 Å². The van der Waals surface area contributed by atoms with Crippen LogP contribution in [0.3, 0.4) is 0 Å². The zero-order chi connectivity index (χ0) is 14.6. The quantitative estimate of drug-likeness (QED) is 0.799. The predicted octanol–water partition coefficient (Wildman–Crippen LogP) is 0.241. The van der Waals surface area contributed by atoms with Crippen molar-refractivity contribution in [3.63, 3.8) is 0 Å². The van der Waals surface area contributed by atoms with Crippen LogP contribution in [0.2, 0.25) is 0 Å². The molecule has 1 rings (SSSR count). The Morgan fingerprint density at radius 1 is 1.32 bits per heavy atom. The summed E-state index contributed by atoms with van der Waals surface area (Å²) in [6.07, 6.45) is 0. The summed E-state index contributed by atoms with van der Waals surface area (Å²) in [5, 5.41) is 6.52. The van der Waals surface area contributed by atoms with Gasteiger partial charge < -0.3 is 15.5 Å². The van der Waals surface area contributed by atoms with Crippen molar-refractivity contribution >= 4 is 17.5 Å². The number of nitrogens with two attached hydrogens (primary N) is 1. The van der Waals surface area contributed by atoms with Crippen LogP contribution in [0, 0.1) is 6.92 Å². The van der Waals surface area contributed by atoms with E-state index in [2.05, 4.69) is 10.2 Å². The lowest BCUT2D eigenvalue weighted by Crippen LogP contribution is -2.41. The van der Waals surface area contributed by atoms with Gasteiger partial charge in [-0.05, 0) is 20.8 Å². The number of aromatic nitrogens is 2. The number of nitrogens with one attached hydrogen (secondary N) is 1. The Labute approximate surface area is 112 Å². The molecule has 1 heterocycles. The minimum absolute atomic E-state index is 0.0197. The fourth-order valence-corrected chi connectivity index (χ4v) is 1.73. The SMILES string of the molecule is CCN(CC)C(=O)CN(C)C(=O)c1n[nH]c(C)c1N. The van der Waals surface area contributed by atoms with Crippen LogP contribution in [0.4, 0.5) is 5.69 Å². The molecule has 0 aliphatic heterocycles. The summed E-state index contributed by atoms with van der Waals surface area (Å²) >= 11 is 0. The maximum atomic E-state index is 12.1. The third-order valence-corrected chi connectivity index (χ3v) is 3.03. The zero-order valence-electron chi connectivity index (χ0n) is 11.9. The summed E-state index contributed by atoms with van der Waals surface area (Å²) in [6.45, 7) is 6.81. The van der Waals surface area contributed by atoms with Gasteiger partial charge in [0.15, 0.2) is 5.69 Å². The van der Waals surface area contributed by atoms with E-state index in [4.69, 9.17) is 5.73 Å². The van der Waals surface area contributed by atoms with Crippen LogP contribution in [0.25, 0.3) is 0 Å². The van der Waals surface area contributed by atoms with Crippen LogP contribution < -0.4 is 5.73 Å². The zero-order valence-corrected chi connectivity index (χ0v) is 11.9. The summed E-state index contributed by atoms with van der Waals surface area (Å²) in [5.74, 6) is -0.450. The number of rotatable bonds is 5. The highest BCUT2D eigenvalue weighted by molar-refractivity contribution is 5.99. The van der Waals surface area contributed by atoms with Crippen LogP contribution >= 0.6 is 0 Å². The number of aromatic amines is 1. The number of nitrogen functional groups attached to an aromatic ring is 1. The molecule has 0 unspecified atom stereocenters. The van der Waals surface area contributed by atoms with E-state index < -0.39 is 0 Å². The predicted molar refractivity (Wildman–Crippen MR) is 72.6 cm³/mol. The number of aryl methyl sites for hydroxylation is 1. The van der Waals surface area contributed by atoms with E-state index in [1.165, 1.54) is 4.90 Å². The Balaban J connectivity index is 2.73. The van der Waals surface area contributed by atoms with Crippen LogP contribution in [0.15, 0.2) is 0 Å². The molecular weight excluding hydrogens is 246 g/mol. The van der Waals surface area contributed by atoms with Crippen molar-refractivity contribution in [1.29, 1.82) is 0 Å². The fraction of sp³-hybridized carbons (Fsp3) is 0.583. The van der Waals surface area contributed by atoms with Crippen molar-refractivity contribution in [2.45, 2.75) is 20.8 Å². The van der Waals surface area contributed by atoms with Gasteiger partial charge in [0.2, 0.25) is 5.91 Å². The number of carbonyl (C=O) groups excluding carboxylic acids is 2. The van der Waals surface area contributed by atoms with E-state index in [0.717, 1.165) is 0 Å². The molecule has 0 bridgehead atoms. The maximum absolute atomic E-state index is 12.1. The Kier molecular flexibility index (Phi) is 4.91. The topological polar surface area (TPSA) is 95.3 Å². The summed E-state index contributed by atoms with van der Waals surface area (Å²) in [7, 11) is 1.56. The van der Waals surface area contributed by atoms with Gasteiger partial charge in [-0.2, -0.15) is 5.10 Å². The molecule has 0 saturated carbocycles. The largest absolute Gasteiger partial charge is 0.395 e. The Morgan fingerprint density at radius 3 is 2.32 bits per heavy atom. The molecule has 7 nitrogen and oxygen atoms in total. The van der Waals surface area contributed by atoms with E-state index in [9.17, 15) is 9.59 Å². The minimum atomic E-state index is -0.359. The third-order valence-electron chi connectivity index (χ3n) is 3.03. The summed E-state index contributed by atoms with van der Waals surface area (Å²) in [4.78, 5) is 27.0. The van der Waals surface area contributed by atoms with Gasteiger partial charge in [0.1, 0.15) is 0 Å². The number of nitrogens with zero attached hydrogens (tertiary/aromatic N) is 3. The number of amides is 2. The van der Waals surface area contributed by atoms with E-state index in [1.807, 2.05) is 13.8 Å². The van der Waals surface area contributed by atoms with Gasteiger partial charge in [-0.15, -0.1) is 0 Å². The third kappa shape index (κ3) is 3.24. The number of likely N-dealkylation sites (N-methyl/N-ethyl adjacent to an activating group) is 2. The molecule has 0 spiro atoms. The minimum Gasteiger partial charge on any atom is -0.395 e. The van der Waals surface area contributed by atoms with Crippen molar-refractivity contribution in [3.05, 3.63) is 11.4 Å². The van der Waals surface area contributed by atoms with E-state index >= 15 is 0 Å². The highest BCUT2D eigenvalue weighted by Gasteiger charge is 2.22. The number of hydrogen-bond donors (Lipinski definition) is 2. The Bertz CT molecular complexity index is 465. The first-order chi connectivity index (χ1) is 8.92. The van der Waals surface area contributed by atoms with Crippen molar-refractivity contribution < 1.29 is 9.59 Å². The van der Waals surface area contributed by atoms with Gasteiger partial charge in [0.05, 0.1) is 17.9 Å². The number of anilines is 1. The molecule has 0 aromatic carbocycles. The highest BCUT2D eigenvalue weighted by atomic mass is 16.2. The Hall–Kier alpha value is -2.05. The molecule has 0 atom stereocenters. The number of hydrogen-bond acceptors (Lipinski definition) is 4. The van der Waals surface area contributed by atoms with Crippen molar-refractivity contribution in [2.24, 2.45) is 0 Å². The average Bonchev–Trinajstić information content (AvgIpc) is 2.70. The monoisotopic (exact) mass is 267 g/mol.